The number of pyridine rings is 1. The van der Waals surface area contributed by atoms with Gasteiger partial charge in [-0.15, -0.1) is 35.3 Å². The van der Waals surface area contributed by atoms with Crippen LogP contribution >= 0.6 is 35.3 Å². The van der Waals surface area contributed by atoms with E-state index in [0.29, 0.717) is 12.5 Å². The average molecular weight is 454 g/mol. The van der Waals surface area contributed by atoms with Crippen molar-refractivity contribution < 1.29 is 0 Å². The number of halogens is 1. The van der Waals surface area contributed by atoms with Crippen LogP contribution in [0.15, 0.2) is 59.6 Å². The minimum Gasteiger partial charge on any atom is -0.370 e. The molecule has 3 heterocycles. The Morgan fingerprint density at radius 3 is 3.00 bits per heavy atom. The monoisotopic (exact) mass is 454 g/mol. The van der Waals surface area contributed by atoms with Crippen molar-refractivity contribution in [1.29, 1.82) is 0 Å². The maximum absolute atomic E-state index is 5.91. The SMILES string of the molecule is I.NC(=NCc1ccnc(-n2ccnc2)c1)NCCc1cccs1. The molecule has 0 aliphatic carbocycles. The molecule has 3 aromatic heterocycles. The zero-order valence-electron chi connectivity index (χ0n) is 13.0. The molecule has 0 aliphatic heterocycles. The van der Waals surface area contributed by atoms with Gasteiger partial charge in [0.05, 0.1) is 6.54 Å². The maximum atomic E-state index is 5.91. The van der Waals surface area contributed by atoms with Gasteiger partial charge in [-0.05, 0) is 35.6 Å². The second-order valence-electron chi connectivity index (χ2n) is 4.95. The minimum atomic E-state index is 0. The Balaban J connectivity index is 0.00000208. The first-order valence-corrected chi connectivity index (χ1v) is 8.18. The highest BCUT2D eigenvalue weighted by atomic mass is 127. The van der Waals surface area contributed by atoms with Gasteiger partial charge in [0.1, 0.15) is 12.1 Å². The van der Waals surface area contributed by atoms with Gasteiger partial charge in [0.2, 0.25) is 0 Å². The van der Waals surface area contributed by atoms with Crippen LogP contribution in [0.25, 0.3) is 5.82 Å². The topological polar surface area (TPSA) is 81.1 Å². The summed E-state index contributed by atoms with van der Waals surface area (Å²) >= 11 is 1.75. The van der Waals surface area contributed by atoms with E-state index < -0.39 is 0 Å². The molecular weight excluding hydrogens is 435 g/mol. The average Bonchev–Trinajstić information content (AvgIpc) is 3.27. The van der Waals surface area contributed by atoms with E-state index in [4.69, 9.17) is 5.73 Å². The number of thiophene rings is 1. The lowest BCUT2D eigenvalue weighted by Gasteiger charge is -2.06. The van der Waals surface area contributed by atoms with Crippen LogP contribution < -0.4 is 11.1 Å². The smallest absolute Gasteiger partial charge is 0.188 e. The number of rotatable bonds is 6. The van der Waals surface area contributed by atoms with Crippen LogP contribution in [0.4, 0.5) is 0 Å². The van der Waals surface area contributed by atoms with Gasteiger partial charge < -0.3 is 11.1 Å². The standard InChI is InChI=1S/C16H18N6S.HI/c17-16(20-6-4-14-2-1-9-23-14)21-11-13-3-5-19-15(10-13)22-8-7-18-12-22;/h1-3,5,7-10,12H,4,6,11H2,(H3,17,20,21);1H. The Kier molecular flexibility index (Phi) is 7.19. The third kappa shape index (κ3) is 5.31. The molecule has 0 spiro atoms. The van der Waals surface area contributed by atoms with E-state index in [2.05, 4.69) is 37.8 Å². The Morgan fingerprint density at radius 1 is 1.33 bits per heavy atom. The van der Waals surface area contributed by atoms with Crippen molar-refractivity contribution in [1.82, 2.24) is 19.9 Å². The third-order valence-electron chi connectivity index (χ3n) is 3.27. The molecule has 0 atom stereocenters. The van der Waals surface area contributed by atoms with Crippen molar-refractivity contribution in [3.05, 3.63) is 65.0 Å². The molecule has 0 bridgehead atoms. The van der Waals surface area contributed by atoms with E-state index in [1.54, 1.807) is 30.1 Å². The highest BCUT2D eigenvalue weighted by molar-refractivity contribution is 14.0. The summed E-state index contributed by atoms with van der Waals surface area (Å²) in [5.74, 6) is 1.28. The van der Waals surface area contributed by atoms with Gasteiger partial charge in [-0.3, -0.25) is 4.57 Å². The molecule has 0 aliphatic rings. The molecule has 126 valence electrons. The molecule has 8 heteroatoms. The molecule has 0 radical (unpaired) electrons. The fourth-order valence-electron chi connectivity index (χ4n) is 2.10. The predicted octanol–water partition coefficient (Wildman–Crippen LogP) is 2.59. The second kappa shape index (κ2) is 9.38. The first-order chi connectivity index (χ1) is 11.3. The summed E-state index contributed by atoms with van der Waals surface area (Å²) < 4.78 is 1.86. The van der Waals surface area contributed by atoms with Gasteiger partial charge in [-0.25, -0.2) is 15.0 Å². The molecule has 0 amide bonds. The van der Waals surface area contributed by atoms with E-state index in [-0.39, 0.29) is 24.0 Å². The molecule has 0 unspecified atom stereocenters. The normalized spacial score (nSPS) is 11.1. The number of imidazole rings is 1. The Bertz CT molecular complexity index is 755. The van der Waals surface area contributed by atoms with Gasteiger partial charge in [-0.1, -0.05) is 6.07 Å². The van der Waals surface area contributed by atoms with Crippen LogP contribution in [0.5, 0.6) is 0 Å². The van der Waals surface area contributed by atoms with Crippen LogP contribution in [0, 0.1) is 0 Å². The lowest BCUT2D eigenvalue weighted by Crippen LogP contribution is -2.33. The zero-order chi connectivity index (χ0) is 15.9. The van der Waals surface area contributed by atoms with Gasteiger partial charge in [0.25, 0.3) is 0 Å². The largest absolute Gasteiger partial charge is 0.370 e. The first-order valence-electron chi connectivity index (χ1n) is 7.31. The number of hydrogen-bond donors (Lipinski definition) is 2. The molecule has 0 saturated carbocycles. The quantitative estimate of drug-likeness (QED) is 0.341. The van der Waals surface area contributed by atoms with Crippen molar-refractivity contribution in [2.75, 3.05) is 6.54 Å². The molecular formula is C16H19IN6S. The van der Waals surface area contributed by atoms with E-state index in [1.807, 2.05) is 22.9 Å². The summed E-state index contributed by atoms with van der Waals surface area (Å²) in [5.41, 5.74) is 6.95. The van der Waals surface area contributed by atoms with Crippen molar-refractivity contribution in [2.45, 2.75) is 13.0 Å². The molecule has 0 aromatic carbocycles. The van der Waals surface area contributed by atoms with Crippen LogP contribution in [0.3, 0.4) is 0 Å². The zero-order valence-corrected chi connectivity index (χ0v) is 16.1. The van der Waals surface area contributed by atoms with E-state index in [9.17, 15) is 0 Å². The summed E-state index contributed by atoms with van der Waals surface area (Å²) in [7, 11) is 0. The molecule has 6 nitrogen and oxygen atoms in total. The number of nitrogens with two attached hydrogens (primary N) is 1. The molecule has 0 fully saturated rings. The Labute approximate surface area is 161 Å². The van der Waals surface area contributed by atoms with Gasteiger partial charge >= 0.3 is 0 Å². The van der Waals surface area contributed by atoms with Crippen LogP contribution in [0.1, 0.15) is 10.4 Å². The highest BCUT2D eigenvalue weighted by Crippen LogP contribution is 2.09. The van der Waals surface area contributed by atoms with Crippen LogP contribution in [0.2, 0.25) is 0 Å². The van der Waals surface area contributed by atoms with E-state index in [1.165, 1.54) is 4.88 Å². The number of guanidine groups is 1. The second-order valence-corrected chi connectivity index (χ2v) is 5.98. The predicted molar refractivity (Wildman–Crippen MR) is 108 cm³/mol. The summed E-state index contributed by atoms with van der Waals surface area (Å²) in [6.07, 6.45) is 8.02. The van der Waals surface area contributed by atoms with Gasteiger partial charge in [-0.2, -0.15) is 0 Å². The van der Waals surface area contributed by atoms with Crippen molar-refractivity contribution in [2.24, 2.45) is 10.7 Å². The molecule has 3 aromatic rings. The summed E-state index contributed by atoms with van der Waals surface area (Å²) in [5, 5.41) is 5.21. The first kappa shape index (κ1) is 18.4. The van der Waals surface area contributed by atoms with Crippen molar-refractivity contribution >= 4 is 41.3 Å². The maximum Gasteiger partial charge on any atom is 0.188 e. The van der Waals surface area contributed by atoms with Crippen LogP contribution in [-0.4, -0.2) is 27.0 Å². The minimum absolute atomic E-state index is 0. The van der Waals surface area contributed by atoms with E-state index >= 15 is 0 Å². The van der Waals surface area contributed by atoms with E-state index in [0.717, 1.165) is 24.3 Å². The Hall–Kier alpha value is -1.94. The van der Waals surface area contributed by atoms with Gasteiger partial charge in [0.15, 0.2) is 5.96 Å². The van der Waals surface area contributed by atoms with Crippen molar-refractivity contribution in [3.8, 4) is 5.82 Å². The number of aromatic nitrogens is 3. The summed E-state index contributed by atoms with van der Waals surface area (Å²) in [6, 6.07) is 8.08. The number of hydrogen-bond acceptors (Lipinski definition) is 4. The lowest BCUT2D eigenvalue weighted by molar-refractivity contribution is 0.856. The third-order valence-corrected chi connectivity index (χ3v) is 4.20. The fraction of sp³-hybridized carbons (Fsp3) is 0.188. The number of nitrogens with zero attached hydrogens (tertiary/aromatic N) is 4. The number of nitrogens with one attached hydrogen (secondary N) is 1. The molecule has 0 saturated heterocycles. The lowest BCUT2D eigenvalue weighted by atomic mass is 10.2. The molecule has 3 N–H and O–H groups in total. The molecule has 3 rings (SSSR count). The Morgan fingerprint density at radius 2 is 2.25 bits per heavy atom. The van der Waals surface area contributed by atoms with Gasteiger partial charge in [0, 0.05) is 30.0 Å². The molecule has 24 heavy (non-hydrogen) atoms. The number of aliphatic imine (C=N–C) groups is 1. The fourth-order valence-corrected chi connectivity index (χ4v) is 2.80. The van der Waals surface area contributed by atoms with Crippen molar-refractivity contribution in [3.63, 3.8) is 0 Å². The van der Waals surface area contributed by atoms with Crippen LogP contribution in [-0.2, 0) is 13.0 Å². The summed E-state index contributed by atoms with van der Waals surface area (Å²) in [6.45, 7) is 1.30. The summed E-state index contributed by atoms with van der Waals surface area (Å²) in [4.78, 5) is 14.0. The highest BCUT2D eigenvalue weighted by Gasteiger charge is 2.00.